The van der Waals surface area contributed by atoms with Crippen molar-refractivity contribution < 1.29 is 69.0 Å². The second-order valence-corrected chi connectivity index (χ2v) is 21.1. The minimum absolute atomic E-state index is 0.0474. The van der Waals surface area contributed by atoms with Crippen molar-refractivity contribution in [1.29, 1.82) is 0 Å². The minimum atomic E-state index is -1.72. The average molecular weight is 1120 g/mol. The third-order valence-electron chi connectivity index (χ3n) is 14.1. The summed E-state index contributed by atoms with van der Waals surface area (Å²) in [5.74, 6) is -0.393. The Bertz CT molecular complexity index is 1670. The quantitative estimate of drug-likeness (QED) is 0.0172. The van der Waals surface area contributed by atoms with Gasteiger partial charge in [-0.25, -0.2) is 0 Å². The molecule has 0 aliphatic carbocycles. The van der Waals surface area contributed by atoms with Gasteiger partial charge in [0.2, 0.25) is 0 Å². The largest absolute Gasteiger partial charge is 0.457 e. The number of rotatable bonds is 49. The number of allylic oxidation sites excluding steroid dienone is 16. The number of carbonyl (C=O) groups is 1. The first-order chi connectivity index (χ1) is 38.6. The van der Waals surface area contributed by atoms with E-state index in [9.17, 15) is 40.5 Å². The van der Waals surface area contributed by atoms with E-state index in [-0.39, 0.29) is 19.6 Å². The standard InChI is InChI=1S/C65H110O14/c1-3-5-7-9-11-13-15-17-19-21-23-24-25-26-27-28-29-31-33-35-37-39-41-43-45-47-49-74-51-54(77-57(67)48-46-44-42-40-38-36-34-32-30-22-20-18-16-14-12-10-8-6-4-2)52-75-64-63(73)61(71)59(69)56(79-64)53-76-65-62(72)60(70)58(68)55(50-66)78-65/h5,7,11-14,17-20,23-24,26-27,30,32,54-56,58-66,68-73H,3-4,6,8-10,15-16,21-22,25,28-29,31,33-53H2,1-2H3/b7-5-,13-11-,14-12-,19-17-,20-18-,24-23-,27-26-,32-30-. The fourth-order valence-electron chi connectivity index (χ4n) is 9.14. The summed E-state index contributed by atoms with van der Waals surface area (Å²) in [5, 5.41) is 72.4. The summed E-state index contributed by atoms with van der Waals surface area (Å²) in [6.07, 6.45) is 51.7. The van der Waals surface area contributed by atoms with Crippen LogP contribution in [0.1, 0.15) is 206 Å². The van der Waals surface area contributed by atoms with Crippen LogP contribution in [0, 0.1) is 0 Å². The summed E-state index contributed by atoms with van der Waals surface area (Å²) in [6.45, 7) is 3.52. The van der Waals surface area contributed by atoms with Crippen molar-refractivity contribution in [3.63, 3.8) is 0 Å². The van der Waals surface area contributed by atoms with Crippen LogP contribution in [0.4, 0.5) is 0 Å². The first-order valence-corrected chi connectivity index (χ1v) is 30.8. The maximum absolute atomic E-state index is 13.1. The monoisotopic (exact) mass is 1110 g/mol. The molecule has 14 heteroatoms. The molecule has 11 atom stereocenters. The first kappa shape index (κ1) is 72.0. The van der Waals surface area contributed by atoms with Gasteiger partial charge in [-0.2, -0.15) is 0 Å². The number of esters is 1. The van der Waals surface area contributed by atoms with E-state index in [1.165, 1.54) is 70.6 Å². The van der Waals surface area contributed by atoms with E-state index in [1.54, 1.807) is 0 Å². The molecule has 0 saturated carbocycles. The molecule has 2 aliphatic heterocycles. The zero-order valence-electron chi connectivity index (χ0n) is 48.8. The third-order valence-corrected chi connectivity index (χ3v) is 14.1. The summed E-state index contributed by atoms with van der Waals surface area (Å²) in [6, 6.07) is 0. The number of aliphatic hydroxyl groups is 7. The lowest BCUT2D eigenvalue weighted by atomic mass is 9.98. The molecule has 454 valence electrons. The van der Waals surface area contributed by atoms with Crippen LogP contribution in [0.5, 0.6) is 0 Å². The summed E-state index contributed by atoms with van der Waals surface area (Å²) >= 11 is 0. The molecule has 11 unspecified atom stereocenters. The van der Waals surface area contributed by atoms with E-state index in [2.05, 4.69) is 111 Å². The van der Waals surface area contributed by atoms with Gasteiger partial charge in [-0.1, -0.05) is 201 Å². The average Bonchev–Trinajstić information content (AvgIpc) is 3.46. The Morgan fingerprint density at radius 3 is 1.29 bits per heavy atom. The molecule has 14 nitrogen and oxygen atoms in total. The highest BCUT2D eigenvalue weighted by Crippen LogP contribution is 2.27. The number of carbonyl (C=O) groups excluding carboxylic acids is 1. The molecule has 7 N–H and O–H groups in total. The predicted molar refractivity (Wildman–Crippen MR) is 316 cm³/mol. The van der Waals surface area contributed by atoms with Crippen LogP contribution >= 0.6 is 0 Å². The van der Waals surface area contributed by atoms with E-state index in [0.29, 0.717) is 13.0 Å². The van der Waals surface area contributed by atoms with Gasteiger partial charge in [0.15, 0.2) is 12.6 Å². The van der Waals surface area contributed by atoms with Gasteiger partial charge in [-0.15, -0.1) is 0 Å². The number of unbranched alkanes of at least 4 members (excludes halogenated alkanes) is 19. The van der Waals surface area contributed by atoms with Crippen molar-refractivity contribution in [2.45, 2.75) is 274 Å². The molecular weight excluding hydrogens is 1000 g/mol. The van der Waals surface area contributed by atoms with Crippen LogP contribution in [0.2, 0.25) is 0 Å². The number of ether oxygens (including phenoxy) is 6. The van der Waals surface area contributed by atoms with E-state index in [4.69, 9.17) is 28.4 Å². The van der Waals surface area contributed by atoms with Gasteiger partial charge in [0.05, 0.1) is 26.4 Å². The van der Waals surface area contributed by atoms with Crippen LogP contribution in [0.25, 0.3) is 0 Å². The van der Waals surface area contributed by atoms with Crippen LogP contribution in [0.15, 0.2) is 97.2 Å². The first-order valence-electron chi connectivity index (χ1n) is 30.8. The molecular formula is C65H110O14. The Morgan fingerprint density at radius 2 is 0.823 bits per heavy atom. The Hall–Kier alpha value is -3.09. The fraction of sp³-hybridized carbons (Fsp3) is 0.738. The molecule has 0 aromatic rings. The van der Waals surface area contributed by atoms with Gasteiger partial charge in [0.1, 0.15) is 54.9 Å². The van der Waals surface area contributed by atoms with Gasteiger partial charge < -0.3 is 64.2 Å². The van der Waals surface area contributed by atoms with Gasteiger partial charge in [-0.3, -0.25) is 4.79 Å². The van der Waals surface area contributed by atoms with Crippen molar-refractivity contribution in [3.05, 3.63) is 97.2 Å². The summed E-state index contributed by atoms with van der Waals surface area (Å²) < 4.78 is 34.4. The highest BCUT2D eigenvalue weighted by Gasteiger charge is 2.47. The zero-order valence-corrected chi connectivity index (χ0v) is 48.8. The molecule has 2 saturated heterocycles. The topological polar surface area (TPSA) is 214 Å². The zero-order chi connectivity index (χ0) is 57.2. The van der Waals surface area contributed by atoms with Crippen LogP contribution in [-0.2, 0) is 33.2 Å². The van der Waals surface area contributed by atoms with Crippen LogP contribution in [0.3, 0.4) is 0 Å². The van der Waals surface area contributed by atoms with Crippen molar-refractivity contribution in [2.24, 2.45) is 0 Å². The molecule has 2 rings (SSSR count). The molecule has 2 aliphatic rings. The summed E-state index contributed by atoms with van der Waals surface area (Å²) in [5.41, 5.74) is 0. The summed E-state index contributed by atoms with van der Waals surface area (Å²) in [7, 11) is 0. The highest BCUT2D eigenvalue weighted by molar-refractivity contribution is 5.69. The second-order valence-electron chi connectivity index (χ2n) is 21.1. The maximum Gasteiger partial charge on any atom is 0.306 e. The van der Waals surface area contributed by atoms with Gasteiger partial charge >= 0.3 is 5.97 Å². The van der Waals surface area contributed by atoms with Crippen molar-refractivity contribution in [2.75, 3.05) is 33.0 Å². The van der Waals surface area contributed by atoms with Crippen LogP contribution < -0.4 is 0 Å². The lowest BCUT2D eigenvalue weighted by Gasteiger charge is -2.42. The molecule has 2 fully saturated rings. The molecule has 0 radical (unpaired) electrons. The van der Waals surface area contributed by atoms with Crippen molar-refractivity contribution in [3.8, 4) is 0 Å². The van der Waals surface area contributed by atoms with Gasteiger partial charge in [0, 0.05) is 13.0 Å². The van der Waals surface area contributed by atoms with Gasteiger partial charge in [0.25, 0.3) is 0 Å². The van der Waals surface area contributed by atoms with Crippen molar-refractivity contribution >= 4 is 5.97 Å². The molecule has 0 spiro atoms. The Morgan fingerprint density at radius 1 is 0.430 bits per heavy atom. The Kier molecular flexibility index (Phi) is 46.1. The van der Waals surface area contributed by atoms with E-state index >= 15 is 0 Å². The van der Waals surface area contributed by atoms with E-state index in [1.807, 2.05) is 0 Å². The number of hydrogen-bond donors (Lipinski definition) is 7. The smallest absolute Gasteiger partial charge is 0.306 e. The molecule has 2 heterocycles. The molecule has 0 aromatic carbocycles. The third kappa shape index (κ3) is 36.9. The summed E-state index contributed by atoms with van der Waals surface area (Å²) in [4.78, 5) is 13.1. The maximum atomic E-state index is 13.1. The number of aliphatic hydroxyl groups excluding tert-OH is 7. The Labute approximate surface area is 477 Å². The predicted octanol–water partition coefficient (Wildman–Crippen LogP) is 11.7. The molecule has 79 heavy (non-hydrogen) atoms. The SMILES string of the molecule is CC/C=C\C/C=C\C/C=C\C/C=C\C/C=C\CCCCCCCCCCCCOCC(COC1OC(COC2OC(CO)C(O)C(O)C2O)C(O)C(O)C1O)OC(=O)CCCCCCCC/C=C\C/C=C\C/C=C\CCCCC. The van der Waals surface area contributed by atoms with Crippen LogP contribution in [-0.4, -0.2) is 142 Å². The Balaban J connectivity index is 1.70. The highest BCUT2D eigenvalue weighted by atomic mass is 16.7. The lowest BCUT2D eigenvalue weighted by molar-refractivity contribution is -0.332. The van der Waals surface area contributed by atoms with E-state index < -0.39 is 86.7 Å². The van der Waals surface area contributed by atoms with Gasteiger partial charge in [-0.05, 0) is 96.3 Å². The number of hydrogen-bond acceptors (Lipinski definition) is 14. The second kappa shape index (κ2) is 50.6. The molecule has 0 amide bonds. The molecule has 0 bridgehead atoms. The lowest BCUT2D eigenvalue weighted by Crippen LogP contribution is -2.61. The molecule has 0 aromatic heterocycles. The fourth-order valence-corrected chi connectivity index (χ4v) is 9.14. The van der Waals surface area contributed by atoms with Crippen molar-refractivity contribution in [1.82, 2.24) is 0 Å². The minimum Gasteiger partial charge on any atom is -0.457 e. The van der Waals surface area contributed by atoms with E-state index in [0.717, 1.165) is 109 Å². The normalized spacial score (nSPS) is 24.7.